The fraction of sp³-hybridized carbons (Fsp3) is 0.400. The van der Waals surface area contributed by atoms with Gasteiger partial charge in [0.15, 0.2) is 5.82 Å². The van der Waals surface area contributed by atoms with Crippen LogP contribution in [0.3, 0.4) is 0 Å². The van der Waals surface area contributed by atoms with Gasteiger partial charge in [0.2, 0.25) is 17.7 Å². The Hall–Kier alpha value is -5.73. The predicted octanol–water partition coefficient (Wildman–Crippen LogP) is 3.61. The van der Waals surface area contributed by atoms with Crippen LogP contribution in [0.2, 0.25) is 0 Å². The van der Waals surface area contributed by atoms with Gasteiger partial charge in [-0.1, -0.05) is 66.6 Å². The minimum Gasteiger partial charge on any atom is -0.492 e. The van der Waals surface area contributed by atoms with Crippen molar-refractivity contribution in [3.05, 3.63) is 89.2 Å². The number of benzene rings is 3. The van der Waals surface area contributed by atoms with E-state index < -0.39 is 53.8 Å². The quantitative estimate of drug-likeness (QED) is 0.0792. The number of hydrogen-bond donors (Lipinski definition) is 7. The van der Waals surface area contributed by atoms with E-state index in [4.69, 9.17) is 26.7 Å². The second kappa shape index (κ2) is 22.3. The van der Waals surface area contributed by atoms with Gasteiger partial charge >= 0.3 is 5.97 Å². The molecule has 4 aromatic rings. The molecule has 19 heteroatoms. The summed E-state index contributed by atoms with van der Waals surface area (Å²) >= 11 is 0. The van der Waals surface area contributed by atoms with Crippen molar-refractivity contribution in [3.63, 3.8) is 0 Å². The van der Waals surface area contributed by atoms with Crippen LogP contribution in [-0.2, 0) is 25.6 Å². The minimum atomic E-state index is -1.40. The van der Waals surface area contributed by atoms with Crippen molar-refractivity contribution in [1.29, 1.82) is 0 Å². The number of aryl methyl sites for hydroxylation is 1. The van der Waals surface area contributed by atoms with Crippen molar-refractivity contribution in [2.75, 3.05) is 39.9 Å². The standard InChI is InChI=1S/C45H57N9O8S2/c1-25-33(24-49-39(50-25)28-8-11-30(12-9-28)63-64-45(3,4)5)41(56)52-34(15-16-46)43(58)54(6)38-29-10-14-37(62-20-18-48)32(23-29)31-21-27(7-13-36(31)61-19-17-47)22-35(44(59)60)53-40(55)26(2)51-42(38)57/h7-14,21,23-24,26,34-35,38H,15-20,22,46-48H2,1-6H3,(H,51,57)(H,52,56)(H,53,55)(H,59,60)/t26-,34-,35-,38-/m0/s1. The van der Waals surface area contributed by atoms with Crippen molar-refractivity contribution < 1.29 is 38.6 Å². The molecule has 1 aromatic heterocycles. The third-order valence-electron chi connectivity index (χ3n) is 9.98. The first kappa shape index (κ1) is 49.3. The lowest BCUT2D eigenvalue weighted by Gasteiger charge is -2.32. The SMILES string of the molecule is Cc1nc(-c2ccc(SSC(C)(C)C)cc2)ncc1C(=O)N[C@@H](CCN)C(=O)N(C)[C@@H]1C(=O)N[C@@H](C)C(=O)N[C@H](C(=O)O)Cc2ccc(OCCN)c(c2)-c2cc1ccc2OCCN. The van der Waals surface area contributed by atoms with Crippen molar-refractivity contribution in [2.45, 2.75) is 81.3 Å². The maximum Gasteiger partial charge on any atom is 0.326 e. The Balaban J connectivity index is 1.51. The van der Waals surface area contributed by atoms with Crippen molar-refractivity contribution in [1.82, 2.24) is 30.8 Å². The number of amides is 4. The molecule has 1 aliphatic heterocycles. The van der Waals surface area contributed by atoms with E-state index in [0.717, 1.165) is 10.5 Å². The highest BCUT2D eigenvalue weighted by Gasteiger charge is 2.36. The van der Waals surface area contributed by atoms with Crippen LogP contribution in [0.25, 0.3) is 22.5 Å². The van der Waals surface area contributed by atoms with Gasteiger partial charge in [-0.3, -0.25) is 19.2 Å². The van der Waals surface area contributed by atoms with Crippen molar-refractivity contribution >= 4 is 51.2 Å². The maximum atomic E-state index is 14.6. The van der Waals surface area contributed by atoms with Crippen LogP contribution < -0.4 is 42.6 Å². The summed E-state index contributed by atoms with van der Waals surface area (Å²) < 4.78 is 12.2. The van der Waals surface area contributed by atoms with Crippen LogP contribution in [0.15, 0.2) is 71.8 Å². The molecule has 0 fully saturated rings. The number of rotatable bonds is 16. The Kier molecular flexibility index (Phi) is 17.1. The van der Waals surface area contributed by atoms with Gasteiger partial charge in [-0.2, -0.15) is 0 Å². The van der Waals surface area contributed by atoms with Crippen LogP contribution in [0.1, 0.15) is 67.3 Å². The van der Waals surface area contributed by atoms with E-state index in [1.165, 1.54) is 25.1 Å². The first-order valence-electron chi connectivity index (χ1n) is 20.8. The van der Waals surface area contributed by atoms with E-state index >= 15 is 0 Å². The number of nitrogens with zero attached hydrogens (tertiary/aromatic N) is 3. The molecule has 1 aliphatic rings. The Morgan fingerprint density at radius 3 is 2.16 bits per heavy atom. The van der Waals surface area contributed by atoms with Crippen molar-refractivity contribution in [3.8, 4) is 34.0 Å². The average Bonchev–Trinajstić information content (AvgIpc) is 3.26. The molecule has 0 saturated heterocycles. The number of carbonyl (C=O) groups excluding carboxylic acids is 4. The molecule has 0 aliphatic carbocycles. The zero-order valence-electron chi connectivity index (χ0n) is 36.8. The molecular formula is C45H57N9O8S2. The molecule has 3 aromatic carbocycles. The number of nitrogens with one attached hydrogen (secondary N) is 3. The topological polar surface area (TPSA) is 267 Å². The maximum absolute atomic E-state index is 14.6. The lowest BCUT2D eigenvalue weighted by atomic mass is 9.93. The molecular weight excluding hydrogens is 859 g/mol. The highest BCUT2D eigenvalue weighted by atomic mass is 33.1. The number of carboxylic acid groups (broad SMARTS) is 1. The third-order valence-corrected chi connectivity index (χ3v) is 13.4. The van der Waals surface area contributed by atoms with Gasteiger partial charge in [-0.25, -0.2) is 14.8 Å². The van der Waals surface area contributed by atoms with Gasteiger partial charge in [-0.15, -0.1) is 0 Å². The van der Waals surface area contributed by atoms with E-state index in [9.17, 15) is 29.1 Å². The van der Waals surface area contributed by atoms with E-state index in [1.807, 2.05) is 24.3 Å². The number of ether oxygens (including phenoxy) is 2. The second-order valence-electron chi connectivity index (χ2n) is 16.1. The molecule has 0 saturated carbocycles. The van der Waals surface area contributed by atoms with Gasteiger partial charge in [-0.05, 0) is 74.3 Å². The summed E-state index contributed by atoms with van der Waals surface area (Å²) in [6.45, 7) is 10.2. The normalized spacial score (nSPS) is 17.0. The molecule has 10 N–H and O–H groups in total. The molecule has 4 atom stereocenters. The van der Waals surface area contributed by atoms with Crippen LogP contribution in [-0.4, -0.2) is 112 Å². The van der Waals surface area contributed by atoms with Gasteiger partial charge in [0.1, 0.15) is 48.9 Å². The smallest absolute Gasteiger partial charge is 0.326 e. The molecule has 2 heterocycles. The lowest BCUT2D eigenvalue weighted by Crippen LogP contribution is -2.55. The highest BCUT2D eigenvalue weighted by Crippen LogP contribution is 2.42. The Bertz CT molecular complexity index is 2330. The van der Waals surface area contributed by atoms with Gasteiger partial charge < -0.3 is 52.6 Å². The fourth-order valence-corrected chi connectivity index (χ4v) is 8.73. The molecule has 0 unspecified atom stereocenters. The number of fused-ring (bicyclic) bond motifs is 5. The van der Waals surface area contributed by atoms with Crippen LogP contribution >= 0.6 is 21.6 Å². The van der Waals surface area contributed by atoms with E-state index in [-0.39, 0.29) is 56.0 Å². The second-order valence-corrected chi connectivity index (χ2v) is 19.2. The first-order valence-corrected chi connectivity index (χ1v) is 22.9. The lowest BCUT2D eigenvalue weighted by molar-refractivity contribution is -0.143. The van der Waals surface area contributed by atoms with Gasteiger partial charge in [0.25, 0.3) is 5.91 Å². The highest BCUT2D eigenvalue weighted by molar-refractivity contribution is 8.77. The van der Waals surface area contributed by atoms with Crippen molar-refractivity contribution in [2.24, 2.45) is 17.2 Å². The summed E-state index contributed by atoms with van der Waals surface area (Å²) in [5.41, 5.74) is 20.6. The largest absolute Gasteiger partial charge is 0.492 e. The average molecular weight is 916 g/mol. The number of likely N-dealkylation sites (N-methyl/N-ethyl adjacent to an activating group) is 1. The number of nitrogens with two attached hydrogens (primary N) is 3. The number of carbonyl (C=O) groups is 5. The summed E-state index contributed by atoms with van der Waals surface area (Å²) in [6.07, 6.45) is 1.31. The van der Waals surface area contributed by atoms with E-state index in [2.05, 4.69) is 46.7 Å². The first-order chi connectivity index (χ1) is 30.4. The van der Waals surface area contributed by atoms with Crippen LogP contribution in [0.4, 0.5) is 0 Å². The zero-order valence-corrected chi connectivity index (χ0v) is 38.4. The minimum absolute atomic E-state index is 0.000235. The number of carboxylic acids is 1. The molecule has 64 heavy (non-hydrogen) atoms. The fourth-order valence-electron chi connectivity index (χ4n) is 6.77. The van der Waals surface area contributed by atoms with Gasteiger partial charge in [0.05, 0.1) is 11.3 Å². The Morgan fingerprint density at radius 1 is 0.922 bits per heavy atom. The van der Waals surface area contributed by atoms with Crippen LogP contribution in [0, 0.1) is 6.92 Å². The summed E-state index contributed by atoms with van der Waals surface area (Å²) in [5, 5.41) is 18.1. The Labute approximate surface area is 380 Å². The zero-order chi connectivity index (χ0) is 46.7. The monoisotopic (exact) mass is 915 g/mol. The number of aliphatic carboxylic acids is 1. The molecule has 4 amide bonds. The summed E-state index contributed by atoms with van der Waals surface area (Å²) in [5.74, 6) is -2.94. The van der Waals surface area contributed by atoms with Crippen LogP contribution in [0.5, 0.6) is 11.5 Å². The molecule has 0 radical (unpaired) electrons. The number of aromatic nitrogens is 2. The summed E-state index contributed by atoms with van der Waals surface area (Å²) in [7, 11) is 4.84. The molecule has 4 bridgehead atoms. The predicted molar refractivity (Wildman–Crippen MR) is 248 cm³/mol. The summed E-state index contributed by atoms with van der Waals surface area (Å²) in [4.78, 5) is 80.0. The van der Waals surface area contributed by atoms with E-state index in [1.54, 1.807) is 64.9 Å². The summed E-state index contributed by atoms with van der Waals surface area (Å²) in [6, 6.07) is 12.6. The van der Waals surface area contributed by atoms with Gasteiger partial charge in [0, 0.05) is 59.1 Å². The van der Waals surface area contributed by atoms with E-state index in [0.29, 0.717) is 45.3 Å². The molecule has 17 nitrogen and oxygen atoms in total. The molecule has 342 valence electrons. The third kappa shape index (κ3) is 12.7. The molecule has 5 rings (SSSR count). The number of hydrogen-bond acceptors (Lipinski definition) is 14. The Morgan fingerprint density at radius 2 is 1.56 bits per heavy atom. The molecule has 0 spiro atoms.